The lowest BCUT2D eigenvalue weighted by molar-refractivity contribution is -0.120. The summed E-state index contributed by atoms with van der Waals surface area (Å²) in [5.74, 6) is 0.954. The van der Waals surface area contributed by atoms with Crippen LogP contribution in [0.3, 0.4) is 0 Å². The Morgan fingerprint density at radius 2 is 1.85 bits per heavy atom. The molecule has 4 aromatic rings. The van der Waals surface area contributed by atoms with Crippen LogP contribution in [0.15, 0.2) is 48.7 Å². The van der Waals surface area contributed by atoms with Crippen molar-refractivity contribution < 1.29 is 9.53 Å². The third-order valence-electron chi connectivity index (χ3n) is 6.33. The Hall–Kier alpha value is -3.39. The summed E-state index contributed by atoms with van der Waals surface area (Å²) in [6.45, 7) is 5.76. The number of carbonyl (C=O) groups is 1. The molecule has 1 aliphatic heterocycles. The molecule has 0 atom stereocenters. The lowest BCUT2D eigenvalue weighted by Crippen LogP contribution is -2.38. The maximum atomic E-state index is 12.8. The number of imidazole rings is 1. The number of aryl methyl sites for hydroxylation is 2. The van der Waals surface area contributed by atoms with E-state index in [4.69, 9.17) is 14.8 Å². The molecular formula is C25H27N5O2S. The Kier molecular flexibility index (Phi) is 5.76. The molecule has 3 heterocycles. The highest BCUT2D eigenvalue weighted by Gasteiger charge is 2.27. The van der Waals surface area contributed by atoms with Crippen LogP contribution in [0.4, 0.5) is 10.8 Å². The van der Waals surface area contributed by atoms with Crippen molar-refractivity contribution in [1.82, 2.24) is 14.6 Å². The zero-order chi connectivity index (χ0) is 22.9. The average molecular weight is 462 g/mol. The van der Waals surface area contributed by atoms with E-state index in [1.165, 1.54) is 11.1 Å². The highest BCUT2D eigenvalue weighted by molar-refractivity contribution is 7.20. The van der Waals surface area contributed by atoms with Gasteiger partial charge in [-0.25, -0.2) is 9.50 Å². The molecule has 33 heavy (non-hydrogen) atoms. The second-order valence-electron chi connectivity index (χ2n) is 8.52. The number of fused-ring (bicyclic) bond motifs is 1. The van der Waals surface area contributed by atoms with Crippen LogP contribution < -0.4 is 15.0 Å². The van der Waals surface area contributed by atoms with Crippen molar-refractivity contribution in [3.8, 4) is 17.0 Å². The van der Waals surface area contributed by atoms with Crippen molar-refractivity contribution in [3.05, 3.63) is 59.8 Å². The topological polar surface area (TPSA) is 71.8 Å². The number of anilines is 2. The fourth-order valence-electron chi connectivity index (χ4n) is 4.11. The second kappa shape index (κ2) is 8.86. The first-order chi connectivity index (χ1) is 16.0. The molecule has 0 radical (unpaired) electrons. The van der Waals surface area contributed by atoms with Crippen LogP contribution in [-0.4, -0.2) is 40.7 Å². The minimum atomic E-state index is 0.0218. The van der Waals surface area contributed by atoms with Crippen molar-refractivity contribution in [1.29, 1.82) is 0 Å². The number of nitrogens with one attached hydrogen (secondary N) is 1. The fourth-order valence-corrected chi connectivity index (χ4v) is 5.05. The molecule has 1 aliphatic rings. The molecule has 7 nitrogen and oxygen atoms in total. The van der Waals surface area contributed by atoms with Gasteiger partial charge in [0.05, 0.1) is 19.0 Å². The first-order valence-electron chi connectivity index (χ1n) is 11.1. The second-order valence-corrected chi connectivity index (χ2v) is 9.45. The fraction of sp³-hybridized carbons (Fsp3) is 0.320. The summed E-state index contributed by atoms with van der Waals surface area (Å²) in [5.41, 5.74) is 5.22. The van der Waals surface area contributed by atoms with Crippen molar-refractivity contribution >= 4 is 33.0 Å². The van der Waals surface area contributed by atoms with Crippen LogP contribution in [-0.2, 0) is 4.79 Å². The zero-order valence-electron chi connectivity index (χ0n) is 19.0. The molecule has 0 saturated carbocycles. The van der Waals surface area contributed by atoms with E-state index in [0.29, 0.717) is 0 Å². The van der Waals surface area contributed by atoms with Gasteiger partial charge in [0.25, 0.3) is 0 Å². The number of piperidine rings is 1. The minimum absolute atomic E-state index is 0.0218. The smallest absolute Gasteiger partial charge is 0.227 e. The molecule has 5 rings (SSSR count). The standard InChI is InChI=1S/C25H27N5O2S/c1-16-4-7-20(14-17(16)2)26-23(31)19-10-12-29(13-11-19)25-28-30-15-22(27-24(30)33-25)18-5-8-21(32-3)9-6-18/h4-9,14-15,19H,10-13H2,1-3H3,(H,26,31). The quantitative estimate of drug-likeness (QED) is 0.456. The van der Waals surface area contributed by atoms with Gasteiger partial charge in [-0.2, -0.15) is 0 Å². The summed E-state index contributed by atoms with van der Waals surface area (Å²) in [6, 6.07) is 13.9. The number of carbonyl (C=O) groups excluding carboxylic acids is 1. The SMILES string of the molecule is COc1ccc(-c2cn3nc(N4CCC(C(=O)Nc5ccc(C)c(C)c5)CC4)sc3n2)cc1. The number of hydrogen-bond acceptors (Lipinski definition) is 6. The normalized spacial score (nSPS) is 14.6. The maximum absolute atomic E-state index is 12.8. The molecule has 1 amide bonds. The third kappa shape index (κ3) is 4.43. The van der Waals surface area contributed by atoms with Crippen LogP contribution >= 0.6 is 11.3 Å². The van der Waals surface area contributed by atoms with Gasteiger partial charge in [0.2, 0.25) is 16.0 Å². The van der Waals surface area contributed by atoms with Gasteiger partial charge in [0, 0.05) is 30.3 Å². The molecule has 0 bridgehead atoms. The van der Waals surface area contributed by atoms with E-state index in [-0.39, 0.29) is 11.8 Å². The van der Waals surface area contributed by atoms with E-state index in [2.05, 4.69) is 24.1 Å². The number of hydrogen-bond donors (Lipinski definition) is 1. The summed E-state index contributed by atoms with van der Waals surface area (Å²) >= 11 is 1.58. The monoisotopic (exact) mass is 461 g/mol. The lowest BCUT2D eigenvalue weighted by Gasteiger charge is -2.30. The molecule has 2 aromatic heterocycles. The van der Waals surface area contributed by atoms with Crippen molar-refractivity contribution in [2.75, 3.05) is 30.4 Å². The van der Waals surface area contributed by atoms with Crippen LogP contribution in [0.25, 0.3) is 16.2 Å². The maximum Gasteiger partial charge on any atom is 0.227 e. The molecule has 0 unspecified atom stereocenters. The number of rotatable bonds is 5. The van der Waals surface area contributed by atoms with Crippen molar-refractivity contribution in [3.63, 3.8) is 0 Å². The summed E-state index contributed by atoms with van der Waals surface area (Å²) in [4.78, 5) is 20.6. The van der Waals surface area contributed by atoms with E-state index >= 15 is 0 Å². The van der Waals surface area contributed by atoms with E-state index in [1.54, 1.807) is 18.4 Å². The number of ether oxygens (including phenoxy) is 1. The Morgan fingerprint density at radius 3 is 2.52 bits per heavy atom. The zero-order valence-corrected chi connectivity index (χ0v) is 19.9. The van der Waals surface area contributed by atoms with Gasteiger partial charge in [-0.15, -0.1) is 5.10 Å². The summed E-state index contributed by atoms with van der Waals surface area (Å²) in [7, 11) is 1.66. The predicted octanol–water partition coefficient (Wildman–Crippen LogP) is 4.94. The van der Waals surface area contributed by atoms with Gasteiger partial charge < -0.3 is 15.0 Å². The van der Waals surface area contributed by atoms with Gasteiger partial charge in [-0.05, 0) is 74.2 Å². The highest BCUT2D eigenvalue weighted by atomic mass is 32.1. The molecular weight excluding hydrogens is 434 g/mol. The largest absolute Gasteiger partial charge is 0.497 e. The number of nitrogens with zero attached hydrogens (tertiary/aromatic N) is 4. The molecule has 1 N–H and O–H groups in total. The van der Waals surface area contributed by atoms with E-state index in [1.807, 2.05) is 53.2 Å². The van der Waals surface area contributed by atoms with Crippen LogP contribution in [0, 0.1) is 19.8 Å². The molecule has 0 spiro atoms. The number of benzene rings is 2. The van der Waals surface area contributed by atoms with Crippen molar-refractivity contribution in [2.24, 2.45) is 5.92 Å². The molecule has 1 fully saturated rings. The average Bonchev–Trinajstić information content (AvgIpc) is 3.41. The Bertz CT molecular complexity index is 1250. The first kappa shape index (κ1) is 21.5. The summed E-state index contributed by atoms with van der Waals surface area (Å²) in [6.07, 6.45) is 3.59. The third-order valence-corrected chi connectivity index (χ3v) is 7.31. The van der Waals surface area contributed by atoms with Crippen LogP contribution in [0.1, 0.15) is 24.0 Å². The predicted molar refractivity (Wildman–Crippen MR) is 132 cm³/mol. The minimum Gasteiger partial charge on any atom is -0.497 e. The van der Waals surface area contributed by atoms with Gasteiger partial charge in [0.1, 0.15) is 5.75 Å². The highest BCUT2D eigenvalue weighted by Crippen LogP contribution is 2.30. The lowest BCUT2D eigenvalue weighted by atomic mass is 9.96. The van der Waals surface area contributed by atoms with Crippen molar-refractivity contribution in [2.45, 2.75) is 26.7 Å². The van der Waals surface area contributed by atoms with Crippen LogP contribution in [0.5, 0.6) is 5.75 Å². The van der Waals surface area contributed by atoms with E-state index < -0.39 is 0 Å². The number of amides is 1. The molecule has 170 valence electrons. The molecule has 1 saturated heterocycles. The van der Waals surface area contributed by atoms with E-state index in [9.17, 15) is 4.79 Å². The molecule has 8 heteroatoms. The van der Waals surface area contributed by atoms with Crippen LogP contribution in [0.2, 0.25) is 0 Å². The Labute approximate surface area is 197 Å². The van der Waals surface area contributed by atoms with Gasteiger partial charge in [-0.1, -0.05) is 17.4 Å². The van der Waals surface area contributed by atoms with Gasteiger partial charge in [0.15, 0.2) is 0 Å². The Balaban J connectivity index is 1.21. The first-order valence-corrected chi connectivity index (χ1v) is 12.0. The van der Waals surface area contributed by atoms with Gasteiger partial charge in [-0.3, -0.25) is 4.79 Å². The summed E-state index contributed by atoms with van der Waals surface area (Å²) in [5, 5.41) is 8.78. The van der Waals surface area contributed by atoms with E-state index in [0.717, 1.165) is 58.7 Å². The van der Waals surface area contributed by atoms with Gasteiger partial charge >= 0.3 is 0 Å². The number of methoxy groups -OCH3 is 1. The summed E-state index contributed by atoms with van der Waals surface area (Å²) < 4.78 is 7.07. The molecule has 2 aromatic carbocycles. The Morgan fingerprint density at radius 1 is 1.09 bits per heavy atom. The number of aromatic nitrogens is 3. The molecule has 0 aliphatic carbocycles.